The number of carbonyl (C=O) groups excluding carboxylic acids is 1. The molecule has 0 radical (unpaired) electrons. The van der Waals surface area contributed by atoms with E-state index in [-0.39, 0.29) is 23.0 Å². The molecular formula is C21H18BrN2O5S-. The van der Waals surface area contributed by atoms with Crippen molar-refractivity contribution >= 4 is 56.5 Å². The zero-order chi connectivity index (χ0) is 21.8. The number of amides is 1. The minimum absolute atomic E-state index is 0.166. The predicted molar refractivity (Wildman–Crippen MR) is 118 cm³/mol. The fourth-order valence-corrected chi connectivity index (χ4v) is 4.27. The van der Waals surface area contributed by atoms with Crippen molar-refractivity contribution in [3.8, 4) is 11.5 Å². The van der Waals surface area contributed by atoms with Gasteiger partial charge in [-0.05, 0) is 73.6 Å². The molecule has 0 unspecified atom stereocenters. The van der Waals surface area contributed by atoms with Gasteiger partial charge in [-0.3, -0.25) is 9.69 Å². The summed E-state index contributed by atoms with van der Waals surface area (Å²) in [5.41, 5.74) is 1.37. The lowest BCUT2D eigenvalue weighted by molar-refractivity contribution is -0.271. The summed E-state index contributed by atoms with van der Waals surface area (Å²) in [6.07, 6.45) is 1.69. The highest BCUT2D eigenvalue weighted by Gasteiger charge is 2.32. The van der Waals surface area contributed by atoms with Gasteiger partial charge in [-0.1, -0.05) is 21.7 Å². The number of thioether (sulfide) groups is 1. The van der Waals surface area contributed by atoms with Crippen LogP contribution in [0, 0.1) is 0 Å². The number of nitrogens with zero attached hydrogens (tertiary/aromatic N) is 2. The number of likely N-dealkylation sites (N-methyl/N-ethyl adjacent to an activating group) is 1. The number of aromatic carboxylic acids is 1. The van der Waals surface area contributed by atoms with E-state index in [4.69, 9.17) is 9.84 Å². The largest absolute Gasteiger partial charge is 0.869 e. The Morgan fingerprint density at radius 1 is 1.30 bits per heavy atom. The van der Waals surface area contributed by atoms with E-state index in [9.17, 15) is 14.7 Å². The van der Waals surface area contributed by atoms with Crippen molar-refractivity contribution in [2.45, 2.75) is 13.8 Å². The van der Waals surface area contributed by atoms with E-state index in [1.54, 1.807) is 42.2 Å². The molecule has 156 valence electrons. The molecule has 0 bridgehead atoms. The van der Waals surface area contributed by atoms with Crippen LogP contribution in [0.5, 0.6) is 11.5 Å². The van der Waals surface area contributed by atoms with E-state index in [2.05, 4.69) is 20.9 Å². The van der Waals surface area contributed by atoms with Crippen molar-refractivity contribution in [1.82, 2.24) is 4.90 Å². The molecule has 0 aromatic heterocycles. The number of carboxylic acids is 1. The molecular weight excluding hydrogens is 472 g/mol. The zero-order valence-corrected chi connectivity index (χ0v) is 18.6. The van der Waals surface area contributed by atoms with Gasteiger partial charge in [-0.15, -0.1) is 0 Å². The maximum absolute atomic E-state index is 12.8. The summed E-state index contributed by atoms with van der Waals surface area (Å²) >= 11 is 4.46. The minimum Gasteiger partial charge on any atom is -0.869 e. The monoisotopic (exact) mass is 489 g/mol. The van der Waals surface area contributed by atoms with Crippen molar-refractivity contribution in [2.75, 3.05) is 13.2 Å². The Labute approximate surface area is 186 Å². The molecule has 0 saturated carbocycles. The molecule has 1 N–H and O–H groups in total. The fraction of sp³-hybridized carbons (Fsp3) is 0.190. The molecule has 2 aromatic carbocycles. The second-order valence-electron chi connectivity index (χ2n) is 6.17. The number of hydrogen-bond donors (Lipinski definition) is 1. The number of hydrogen-bond acceptors (Lipinski definition) is 6. The fourth-order valence-electron chi connectivity index (χ4n) is 2.74. The van der Waals surface area contributed by atoms with E-state index >= 15 is 0 Å². The highest BCUT2D eigenvalue weighted by atomic mass is 79.9. The van der Waals surface area contributed by atoms with Gasteiger partial charge in [-0.2, -0.15) is 0 Å². The molecule has 1 aliphatic rings. The molecule has 2 aromatic rings. The molecule has 9 heteroatoms. The lowest BCUT2D eigenvalue weighted by Crippen LogP contribution is -2.28. The van der Waals surface area contributed by atoms with Gasteiger partial charge in [0.2, 0.25) is 0 Å². The van der Waals surface area contributed by atoms with Crippen molar-refractivity contribution in [3.05, 3.63) is 56.9 Å². The van der Waals surface area contributed by atoms with Crippen LogP contribution in [0.25, 0.3) is 6.08 Å². The van der Waals surface area contributed by atoms with Gasteiger partial charge < -0.3 is 14.9 Å². The van der Waals surface area contributed by atoms with Crippen LogP contribution in [-0.4, -0.2) is 40.2 Å². The van der Waals surface area contributed by atoms with E-state index in [0.717, 1.165) is 0 Å². The van der Waals surface area contributed by atoms with Crippen LogP contribution in [0.15, 0.2) is 50.8 Å². The Kier molecular flexibility index (Phi) is 6.84. The Morgan fingerprint density at radius 3 is 2.60 bits per heavy atom. The average molecular weight is 490 g/mol. The summed E-state index contributed by atoms with van der Waals surface area (Å²) in [5, 5.41) is 21.6. The van der Waals surface area contributed by atoms with E-state index in [1.165, 1.54) is 23.9 Å². The Balaban J connectivity index is 1.93. The first-order valence-electron chi connectivity index (χ1n) is 9.10. The first-order valence-corrected chi connectivity index (χ1v) is 10.7. The number of halogens is 1. The third kappa shape index (κ3) is 4.68. The second kappa shape index (κ2) is 9.36. The molecule has 1 aliphatic heterocycles. The summed E-state index contributed by atoms with van der Waals surface area (Å²) in [5.74, 6) is -1.23. The van der Waals surface area contributed by atoms with Crippen molar-refractivity contribution < 1.29 is 24.5 Å². The average Bonchev–Trinajstić information content (AvgIpc) is 3.00. The first-order chi connectivity index (χ1) is 14.3. The number of carbonyl (C=O) groups is 2. The molecule has 0 aliphatic carbocycles. The summed E-state index contributed by atoms with van der Waals surface area (Å²) in [6, 6.07) is 9.36. The van der Waals surface area contributed by atoms with Crippen LogP contribution in [0.1, 0.15) is 29.8 Å². The third-order valence-corrected chi connectivity index (χ3v) is 5.77. The third-order valence-electron chi connectivity index (χ3n) is 4.17. The lowest BCUT2D eigenvalue weighted by Gasteiger charge is -2.16. The standard InChI is InChI=1S/C21H19BrN2O5S/c1-3-24-19(26)17(11-12-9-15(22)18(25)16(10-12)29-4-2)30-21(24)23-14-7-5-13(6-8-14)20(27)28/h5-11,25H,3-4H2,1-2H3,(H,27,28)/p-1/b17-11-,23-21?. The topological polar surface area (TPSA) is 102 Å². The summed E-state index contributed by atoms with van der Waals surface area (Å²) in [7, 11) is 0. The van der Waals surface area contributed by atoms with Gasteiger partial charge in [0.25, 0.3) is 5.91 Å². The Hall–Kier alpha value is -2.78. The van der Waals surface area contributed by atoms with Crippen LogP contribution < -0.4 is 9.84 Å². The summed E-state index contributed by atoms with van der Waals surface area (Å²) in [4.78, 5) is 30.3. The molecule has 1 amide bonds. The number of rotatable bonds is 6. The highest BCUT2D eigenvalue weighted by Crippen LogP contribution is 2.37. The Morgan fingerprint density at radius 2 is 2.00 bits per heavy atom. The van der Waals surface area contributed by atoms with Crippen molar-refractivity contribution in [3.63, 3.8) is 0 Å². The number of benzene rings is 2. The number of aliphatic imine (C=N–C) groups is 1. The van der Waals surface area contributed by atoms with Crippen LogP contribution in [0.2, 0.25) is 0 Å². The van der Waals surface area contributed by atoms with Gasteiger partial charge in [0.05, 0.1) is 22.8 Å². The van der Waals surface area contributed by atoms with Crippen LogP contribution in [0.3, 0.4) is 0 Å². The predicted octanol–water partition coefficient (Wildman–Crippen LogP) is 4.24. The lowest BCUT2D eigenvalue weighted by atomic mass is 10.2. The van der Waals surface area contributed by atoms with Crippen LogP contribution in [0.4, 0.5) is 5.69 Å². The number of ether oxygens (including phenoxy) is 1. The van der Waals surface area contributed by atoms with Gasteiger partial charge in [0.15, 0.2) is 5.17 Å². The van der Waals surface area contributed by atoms with Crippen molar-refractivity contribution in [2.24, 2.45) is 4.99 Å². The maximum atomic E-state index is 12.8. The van der Waals surface area contributed by atoms with Crippen molar-refractivity contribution in [1.29, 1.82) is 0 Å². The van der Waals surface area contributed by atoms with Crippen LogP contribution >= 0.6 is 27.7 Å². The zero-order valence-electron chi connectivity index (χ0n) is 16.2. The normalized spacial score (nSPS) is 16.5. The smallest absolute Gasteiger partial charge is 0.335 e. The first kappa shape index (κ1) is 21.9. The second-order valence-corrected chi connectivity index (χ2v) is 8.03. The van der Waals surface area contributed by atoms with Gasteiger partial charge in [-0.25, -0.2) is 9.79 Å². The van der Waals surface area contributed by atoms with Gasteiger partial charge >= 0.3 is 5.97 Å². The molecule has 1 saturated heterocycles. The maximum Gasteiger partial charge on any atom is 0.335 e. The summed E-state index contributed by atoms with van der Waals surface area (Å²) in [6.45, 7) is 4.43. The van der Waals surface area contributed by atoms with E-state index in [1.807, 2.05) is 6.92 Å². The highest BCUT2D eigenvalue weighted by molar-refractivity contribution is 9.10. The van der Waals surface area contributed by atoms with E-state index < -0.39 is 5.97 Å². The van der Waals surface area contributed by atoms with E-state index in [0.29, 0.717) is 38.9 Å². The minimum atomic E-state index is -1.01. The Bertz CT molecular complexity index is 1050. The molecule has 0 atom stereocenters. The number of carboxylic acid groups (broad SMARTS) is 1. The molecule has 1 fully saturated rings. The molecule has 7 nitrogen and oxygen atoms in total. The van der Waals surface area contributed by atoms with Crippen LogP contribution in [-0.2, 0) is 4.79 Å². The van der Waals surface area contributed by atoms with Gasteiger partial charge in [0, 0.05) is 11.0 Å². The summed E-state index contributed by atoms with van der Waals surface area (Å²) < 4.78 is 5.74. The SMILES string of the molecule is CCOc1cc(/C=C2\SC(=Nc3ccc(C(=O)O)cc3)N(CC)C2=O)cc(Br)c1[O-]. The molecule has 3 rings (SSSR count). The number of amidine groups is 1. The van der Waals surface area contributed by atoms with Gasteiger partial charge in [0.1, 0.15) is 5.75 Å². The molecule has 30 heavy (non-hydrogen) atoms. The quantitative estimate of drug-likeness (QED) is 0.608. The molecule has 1 heterocycles. The molecule has 0 spiro atoms.